The molecular formula is C14H17FN4. The Morgan fingerprint density at radius 1 is 1.26 bits per heavy atom. The summed E-state index contributed by atoms with van der Waals surface area (Å²) >= 11 is 0. The van der Waals surface area contributed by atoms with Gasteiger partial charge in [0.15, 0.2) is 11.6 Å². The van der Waals surface area contributed by atoms with Crippen LogP contribution in [0.1, 0.15) is 12.5 Å². The molecule has 0 spiro atoms. The fraction of sp³-hybridized carbons (Fsp3) is 0.286. The van der Waals surface area contributed by atoms with E-state index in [4.69, 9.17) is 0 Å². The van der Waals surface area contributed by atoms with E-state index in [-0.39, 0.29) is 0 Å². The van der Waals surface area contributed by atoms with E-state index in [0.29, 0.717) is 24.9 Å². The van der Waals surface area contributed by atoms with Crippen LogP contribution in [0.15, 0.2) is 36.5 Å². The Morgan fingerprint density at radius 3 is 2.68 bits per heavy atom. The number of hydrogen-bond acceptors (Lipinski definition) is 4. The van der Waals surface area contributed by atoms with E-state index < -0.39 is 5.82 Å². The maximum Gasteiger partial charge on any atom is 0.224 e. The van der Waals surface area contributed by atoms with E-state index in [1.807, 2.05) is 44.3 Å². The molecule has 0 bridgehead atoms. The third-order valence-corrected chi connectivity index (χ3v) is 2.68. The normalized spacial score (nSPS) is 10.3. The number of anilines is 2. The summed E-state index contributed by atoms with van der Waals surface area (Å²) in [6, 6.07) is 9.88. The highest BCUT2D eigenvalue weighted by molar-refractivity contribution is 5.43. The number of rotatable bonds is 5. The minimum Gasteiger partial charge on any atom is -0.354 e. The van der Waals surface area contributed by atoms with E-state index in [1.54, 1.807) is 4.90 Å². The molecule has 2 rings (SSSR count). The lowest BCUT2D eigenvalue weighted by Crippen LogP contribution is -2.20. The second-order valence-electron chi connectivity index (χ2n) is 4.24. The lowest BCUT2D eigenvalue weighted by atomic mass is 10.2. The molecule has 0 aliphatic carbocycles. The average Bonchev–Trinajstić information content (AvgIpc) is 2.42. The summed E-state index contributed by atoms with van der Waals surface area (Å²) in [7, 11) is 1.81. The molecule has 0 atom stereocenters. The summed E-state index contributed by atoms with van der Waals surface area (Å²) < 4.78 is 13.8. The first-order valence-electron chi connectivity index (χ1n) is 6.22. The van der Waals surface area contributed by atoms with Crippen molar-refractivity contribution in [3.63, 3.8) is 0 Å². The highest BCUT2D eigenvalue weighted by Crippen LogP contribution is 2.18. The lowest BCUT2D eigenvalue weighted by Gasteiger charge is -2.19. The summed E-state index contributed by atoms with van der Waals surface area (Å²) in [6.07, 6.45) is 1.20. The molecule has 0 unspecified atom stereocenters. The standard InChI is InChI=1S/C14H17FN4/c1-3-16-14-17-9-12(15)13(18-14)19(2)10-11-7-5-4-6-8-11/h4-9H,3,10H2,1-2H3,(H,16,17,18). The van der Waals surface area contributed by atoms with E-state index in [2.05, 4.69) is 15.3 Å². The molecule has 0 aliphatic heterocycles. The first-order chi connectivity index (χ1) is 9.20. The summed E-state index contributed by atoms with van der Waals surface area (Å²) in [5, 5.41) is 2.98. The zero-order valence-electron chi connectivity index (χ0n) is 11.1. The van der Waals surface area contributed by atoms with E-state index in [9.17, 15) is 4.39 Å². The zero-order valence-corrected chi connectivity index (χ0v) is 11.1. The summed E-state index contributed by atoms with van der Waals surface area (Å²) in [4.78, 5) is 9.85. The van der Waals surface area contributed by atoms with Gasteiger partial charge in [0, 0.05) is 20.1 Å². The van der Waals surface area contributed by atoms with Crippen LogP contribution in [0.3, 0.4) is 0 Å². The second-order valence-corrected chi connectivity index (χ2v) is 4.24. The van der Waals surface area contributed by atoms with Crippen LogP contribution in [0, 0.1) is 5.82 Å². The quantitative estimate of drug-likeness (QED) is 0.897. The SMILES string of the molecule is CCNc1ncc(F)c(N(C)Cc2ccccc2)n1. The Kier molecular flexibility index (Phi) is 4.28. The molecule has 100 valence electrons. The number of halogens is 1. The molecule has 4 nitrogen and oxygen atoms in total. The predicted molar refractivity (Wildman–Crippen MR) is 74.7 cm³/mol. The van der Waals surface area contributed by atoms with Crippen LogP contribution in [0.2, 0.25) is 0 Å². The molecule has 0 amide bonds. The Morgan fingerprint density at radius 2 is 2.00 bits per heavy atom. The maximum atomic E-state index is 13.8. The monoisotopic (exact) mass is 260 g/mol. The van der Waals surface area contributed by atoms with Gasteiger partial charge in [0.2, 0.25) is 5.95 Å². The van der Waals surface area contributed by atoms with Gasteiger partial charge in [-0.25, -0.2) is 9.37 Å². The Balaban J connectivity index is 2.18. The maximum absolute atomic E-state index is 13.8. The van der Waals surface area contributed by atoms with Gasteiger partial charge in [-0.15, -0.1) is 0 Å². The topological polar surface area (TPSA) is 41.1 Å². The van der Waals surface area contributed by atoms with Crippen molar-refractivity contribution in [1.29, 1.82) is 0 Å². The number of nitrogens with zero attached hydrogens (tertiary/aromatic N) is 3. The molecule has 1 aromatic heterocycles. The molecule has 2 aromatic rings. The Labute approximate surface area is 112 Å². The number of hydrogen-bond donors (Lipinski definition) is 1. The van der Waals surface area contributed by atoms with Crippen LogP contribution in [-0.2, 0) is 6.54 Å². The number of nitrogens with one attached hydrogen (secondary N) is 1. The van der Waals surface area contributed by atoms with Gasteiger partial charge in [0.25, 0.3) is 0 Å². The molecule has 0 aliphatic rings. The lowest BCUT2D eigenvalue weighted by molar-refractivity contribution is 0.607. The van der Waals surface area contributed by atoms with Crippen molar-refractivity contribution in [3.05, 3.63) is 47.9 Å². The number of aromatic nitrogens is 2. The fourth-order valence-electron chi connectivity index (χ4n) is 1.80. The predicted octanol–water partition coefficient (Wildman–Crippen LogP) is 2.68. The second kappa shape index (κ2) is 6.13. The Bertz CT molecular complexity index is 530. The van der Waals surface area contributed by atoms with Crippen LogP contribution < -0.4 is 10.2 Å². The molecular weight excluding hydrogens is 243 g/mol. The minimum atomic E-state index is -0.417. The highest BCUT2D eigenvalue weighted by Gasteiger charge is 2.11. The third kappa shape index (κ3) is 3.40. The molecule has 0 radical (unpaired) electrons. The van der Waals surface area contributed by atoms with Crippen molar-refractivity contribution in [1.82, 2.24) is 9.97 Å². The van der Waals surface area contributed by atoms with Gasteiger partial charge in [-0.1, -0.05) is 30.3 Å². The fourth-order valence-corrected chi connectivity index (χ4v) is 1.80. The van der Waals surface area contributed by atoms with Crippen LogP contribution in [0.5, 0.6) is 0 Å². The van der Waals surface area contributed by atoms with Crippen molar-refractivity contribution >= 4 is 11.8 Å². The smallest absolute Gasteiger partial charge is 0.224 e. The van der Waals surface area contributed by atoms with Crippen molar-refractivity contribution in [2.75, 3.05) is 23.8 Å². The van der Waals surface area contributed by atoms with Gasteiger partial charge in [-0.2, -0.15) is 4.98 Å². The van der Waals surface area contributed by atoms with E-state index in [0.717, 1.165) is 5.56 Å². The van der Waals surface area contributed by atoms with Crippen molar-refractivity contribution in [2.45, 2.75) is 13.5 Å². The van der Waals surface area contributed by atoms with E-state index >= 15 is 0 Å². The van der Waals surface area contributed by atoms with Crippen LogP contribution in [0.4, 0.5) is 16.2 Å². The van der Waals surface area contributed by atoms with Crippen LogP contribution in [-0.4, -0.2) is 23.6 Å². The van der Waals surface area contributed by atoms with Gasteiger partial charge in [0.05, 0.1) is 6.20 Å². The van der Waals surface area contributed by atoms with E-state index in [1.165, 1.54) is 6.20 Å². The zero-order chi connectivity index (χ0) is 13.7. The van der Waals surface area contributed by atoms with Gasteiger partial charge >= 0.3 is 0 Å². The molecule has 1 N–H and O–H groups in total. The average molecular weight is 260 g/mol. The molecule has 0 saturated carbocycles. The largest absolute Gasteiger partial charge is 0.354 e. The summed E-state index contributed by atoms with van der Waals surface area (Å²) in [5.74, 6) is 0.327. The third-order valence-electron chi connectivity index (χ3n) is 2.68. The molecule has 19 heavy (non-hydrogen) atoms. The summed E-state index contributed by atoms with van der Waals surface area (Å²) in [6.45, 7) is 3.24. The van der Waals surface area contributed by atoms with Gasteiger partial charge in [-0.05, 0) is 12.5 Å². The first-order valence-corrected chi connectivity index (χ1v) is 6.22. The first kappa shape index (κ1) is 13.3. The van der Waals surface area contributed by atoms with Gasteiger partial charge in [0.1, 0.15) is 0 Å². The summed E-state index contributed by atoms with van der Waals surface area (Å²) in [5.41, 5.74) is 1.10. The van der Waals surface area contributed by atoms with Gasteiger partial charge in [-0.3, -0.25) is 0 Å². The Hall–Kier alpha value is -2.17. The van der Waals surface area contributed by atoms with Crippen molar-refractivity contribution < 1.29 is 4.39 Å². The van der Waals surface area contributed by atoms with Crippen molar-refractivity contribution in [3.8, 4) is 0 Å². The molecule has 1 aromatic carbocycles. The highest BCUT2D eigenvalue weighted by atomic mass is 19.1. The minimum absolute atomic E-state index is 0.301. The van der Waals surface area contributed by atoms with Crippen LogP contribution in [0.25, 0.3) is 0 Å². The van der Waals surface area contributed by atoms with Gasteiger partial charge < -0.3 is 10.2 Å². The molecule has 5 heteroatoms. The van der Waals surface area contributed by atoms with Crippen molar-refractivity contribution in [2.24, 2.45) is 0 Å². The number of benzene rings is 1. The molecule has 0 saturated heterocycles. The van der Waals surface area contributed by atoms with Crippen LogP contribution >= 0.6 is 0 Å². The molecule has 0 fully saturated rings. The molecule has 1 heterocycles.